The second-order valence-electron chi connectivity index (χ2n) is 5.22. The number of ether oxygens (including phenoxy) is 1. The molecular weight excluding hydrogens is 362 g/mol. The van der Waals surface area contributed by atoms with Crippen LogP contribution in [0.1, 0.15) is 10.4 Å². The highest BCUT2D eigenvalue weighted by Crippen LogP contribution is 2.26. The summed E-state index contributed by atoms with van der Waals surface area (Å²) in [6.45, 7) is 1.42. The molecule has 0 radical (unpaired) electrons. The molecule has 0 unspecified atom stereocenters. The second-order valence-corrected chi connectivity index (χ2v) is 8.22. The fraction of sp³-hybridized carbons (Fsp3) is 0.250. The van der Waals surface area contributed by atoms with Crippen LogP contribution in [0.25, 0.3) is 0 Å². The molecule has 0 bridgehead atoms. The van der Waals surface area contributed by atoms with E-state index in [9.17, 15) is 13.2 Å². The second kappa shape index (κ2) is 8.24. The first-order chi connectivity index (χ1) is 11.8. The van der Waals surface area contributed by atoms with Crippen LogP contribution < -0.4 is 10.2 Å². The standard InChI is InChI=1S/C16H19N3O4S2/c1-12-6-7-14(23-3)15(9-12)25(21,22)19(2)11-16(20)18-17-10-13-5-4-8-24-13/h4-10H,11H2,1-3H3,(H,18,20)/b17-10-. The number of amides is 1. The van der Waals surface area contributed by atoms with Crippen LogP contribution in [-0.4, -0.2) is 45.5 Å². The number of thiophene rings is 1. The van der Waals surface area contributed by atoms with E-state index in [1.165, 1.54) is 37.8 Å². The van der Waals surface area contributed by atoms with Gasteiger partial charge in [-0.1, -0.05) is 12.1 Å². The van der Waals surface area contributed by atoms with Crippen molar-refractivity contribution in [3.8, 4) is 5.75 Å². The third kappa shape index (κ3) is 4.88. The highest BCUT2D eigenvalue weighted by molar-refractivity contribution is 7.89. The summed E-state index contributed by atoms with van der Waals surface area (Å²) in [5.41, 5.74) is 3.09. The Morgan fingerprint density at radius 3 is 2.80 bits per heavy atom. The normalized spacial score (nSPS) is 11.8. The molecule has 0 saturated carbocycles. The number of carbonyl (C=O) groups excluding carboxylic acids is 1. The van der Waals surface area contributed by atoms with Gasteiger partial charge in [-0.3, -0.25) is 4.79 Å². The lowest BCUT2D eigenvalue weighted by molar-refractivity contribution is -0.121. The van der Waals surface area contributed by atoms with Crippen molar-refractivity contribution in [1.82, 2.24) is 9.73 Å². The summed E-state index contributed by atoms with van der Waals surface area (Å²) in [4.78, 5) is 12.8. The van der Waals surface area contributed by atoms with E-state index < -0.39 is 15.9 Å². The van der Waals surface area contributed by atoms with Crippen LogP contribution in [0, 0.1) is 6.92 Å². The molecule has 134 valence electrons. The molecule has 7 nitrogen and oxygen atoms in total. The van der Waals surface area contributed by atoms with Gasteiger partial charge in [0.15, 0.2) is 0 Å². The summed E-state index contributed by atoms with van der Waals surface area (Å²) in [5, 5.41) is 5.70. The fourth-order valence-corrected chi connectivity index (χ4v) is 3.96. The van der Waals surface area contributed by atoms with Crippen LogP contribution in [0.4, 0.5) is 0 Å². The predicted molar refractivity (Wildman–Crippen MR) is 97.6 cm³/mol. The van der Waals surface area contributed by atoms with E-state index in [1.54, 1.807) is 19.1 Å². The molecule has 0 aliphatic carbocycles. The van der Waals surface area contributed by atoms with Gasteiger partial charge in [-0.15, -0.1) is 11.3 Å². The first kappa shape index (κ1) is 19.1. The van der Waals surface area contributed by atoms with Gasteiger partial charge in [0.25, 0.3) is 5.91 Å². The van der Waals surface area contributed by atoms with E-state index in [0.29, 0.717) is 0 Å². The van der Waals surface area contributed by atoms with Gasteiger partial charge in [0.05, 0.1) is 19.9 Å². The number of hydrogen-bond acceptors (Lipinski definition) is 6. The highest BCUT2D eigenvalue weighted by atomic mass is 32.2. The van der Waals surface area contributed by atoms with Crippen molar-refractivity contribution in [2.75, 3.05) is 20.7 Å². The lowest BCUT2D eigenvalue weighted by atomic mass is 10.2. The third-order valence-corrected chi connectivity index (χ3v) is 5.93. The summed E-state index contributed by atoms with van der Waals surface area (Å²) >= 11 is 1.47. The number of methoxy groups -OCH3 is 1. The Balaban J connectivity index is 2.07. The molecule has 2 aromatic rings. The van der Waals surface area contributed by atoms with Crippen molar-refractivity contribution < 1.29 is 17.9 Å². The van der Waals surface area contributed by atoms with Gasteiger partial charge in [0, 0.05) is 11.9 Å². The minimum atomic E-state index is -3.87. The molecule has 9 heteroatoms. The summed E-state index contributed by atoms with van der Waals surface area (Å²) in [7, 11) is -1.14. The molecule has 2 rings (SSSR count). The number of hydrazone groups is 1. The first-order valence-corrected chi connectivity index (χ1v) is 9.63. The first-order valence-electron chi connectivity index (χ1n) is 7.31. The van der Waals surface area contributed by atoms with Gasteiger partial charge in [-0.05, 0) is 36.1 Å². The van der Waals surface area contributed by atoms with Crippen molar-refractivity contribution in [3.05, 3.63) is 46.2 Å². The lowest BCUT2D eigenvalue weighted by Crippen LogP contribution is -2.36. The number of sulfonamides is 1. The highest BCUT2D eigenvalue weighted by Gasteiger charge is 2.26. The summed E-state index contributed by atoms with van der Waals surface area (Å²) < 4.78 is 31.5. The Morgan fingerprint density at radius 1 is 1.40 bits per heavy atom. The van der Waals surface area contributed by atoms with Crippen molar-refractivity contribution >= 4 is 33.5 Å². The zero-order chi connectivity index (χ0) is 18.4. The van der Waals surface area contributed by atoms with Gasteiger partial charge >= 0.3 is 0 Å². The van der Waals surface area contributed by atoms with Crippen molar-refractivity contribution in [3.63, 3.8) is 0 Å². The molecule has 0 saturated heterocycles. The monoisotopic (exact) mass is 381 g/mol. The van der Waals surface area contributed by atoms with Crippen LogP contribution in [0.3, 0.4) is 0 Å². The number of likely N-dealkylation sites (N-methyl/N-ethyl adjacent to an activating group) is 1. The van der Waals surface area contributed by atoms with Gasteiger partial charge in [-0.2, -0.15) is 9.41 Å². The molecule has 0 aliphatic rings. The zero-order valence-corrected chi connectivity index (χ0v) is 15.7. The maximum absolute atomic E-state index is 12.7. The number of nitrogens with one attached hydrogen (secondary N) is 1. The molecule has 1 aromatic carbocycles. The maximum Gasteiger partial charge on any atom is 0.255 e. The fourth-order valence-electron chi connectivity index (χ4n) is 2.01. The van der Waals surface area contributed by atoms with Crippen LogP contribution in [0.15, 0.2) is 45.7 Å². The SMILES string of the molecule is COc1ccc(C)cc1S(=O)(=O)N(C)CC(=O)N/N=C\c1cccs1. The Labute approximate surface area is 151 Å². The number of nitrogens with zero attached hydrogens (tertiary/aromatic N) is 2. The summed E-state index contributed by atoms with van der Waals surface area (Å²) in [6, 6.07) is 8.56. The topological polar surface area (TPSA) is 88.1 Å². The van der Waals surface area contributed by atoms with E-state index >= 15 is 0 Å². The number of aryl methyl sites for hydroxylation is 1. The van der Waals surface area contributed by atoms with Crippen molar-refractivity contribution in [2.45, 2.75) is 11.8 Å². The Morgan fingerprint density at radius 2 is 2.16 bits per heavy atom. The van der Waals surface area contributed by atoms with Gasteiger partial charge in [0.2, 0.25) is 10.0 Å². The molecule has 1 aromatic heterocycles. The van der Waals surface area contributed by atoms with Gasteiger partial charge in [-0.25, -0.2) is 13.8 Å². The number of carbonyl (C=O) groups is 1. The average molecular weight is 381 g/mol. The molecule has 1 heterocycles. The van der Waals surface area contributed by atoms with E-state index in [0.717, 1.165) is 14.7 Å². The maximum atomic E-state index is 12.7. The minimum Gasteiger partial charge on any atom is -0.495 e. The van der Waals surface area contributed by atoms with Crippen LogP contribution >= 0.6 is 11.3 Å². The smallest absolute Gasteiger partial charge is 0.255 e. The summed E-state index contributed by atoms with van der Waals surface area (Å²) in [6.07, 6.45) is 1.50. The van der Waals surface area contributed by atoms with Gasteiger partial charge < -0.3 is 4.74 Å². The number of hydrogen-bond donors (Lipinski definition) is 1. The van der Waals surface area contributed by atoms with Gasteiger partial charge in [0.1, 0.15) is 10.6 Å². The Hall–Kier alpha value is -2.23. The summed E-state index contributed by atoms with van der Waals surface area (Å²) in [5.74, 6) is -0.306. The van der Waals surface area contributed by atoms with E-state index in [4.69, 9.17) is 4.74 Å². The Bertz CT molecular complexity index is 862. The third-order valence-electron chi connectivity index (χ3n) is 3.30. The van der Waals surface area contributed by atoms with E-state index in [-0.39, 0.29) is 17.2 Å². The molecule has 1 N–H and O–H groups in total. The molecule has 0 atom stereocenters. The van der Waals surface area contributed by atoms with Crippen molar-refractivity contribution in [1.29, 1.82) is 0 Å². The van der Waals surface area contributed by atoms with E-state index in [1.807, 2.05) is 17.5 Å². The lowest BCUT2D eigenvalue weighted by Gasteiger charge is -2.18. The largest absolute Gasteiger partial charge is 0.495 e. The van der Waals surface area contributed by atoms with E-state index in [2.05, 4.69) is 10.5 Å². The number of rotatable bonds is 7. The minimum absolute atomic E-state index is 0.0207. The van der Waals surface area contributed by atoms with Crippen LogP contribution in [0.2, 0.25) is 0 Å². The molecular formula is C16H19N3O4S2. The number of benzene rings is 1. The molecule has 0 aliphatic heterocycles. The molecule has 25 heavy (non-hydrogen) atoms. The van der Waals surface area contributed by atoms with Crippen LogP contribution in [0.5, 0.6) is 5.75 Å². The predicted octanol–water partition coefficient (Wildman–Crippen LogP) is 1.84. The zero-order valence-electron chi connectivity index (χ0n) is 14.1. The molecule has 0 spiro atoms. The van der Waals surface area contributed by atoms with Crippen molar-refractivity contribution in [2.24, 2.45) is 5.10 Å². The quantitative estimate of drug-likeness (QED) is 0.585. The Kier molecular flexibility index (Phi) is 6.29. The molecule has 1 amide bonds. The van der Waals surface area contributed by atoms with Crippen LogP contribution in [-0.2, 0) is 14.8 Å². The average Bonchev–Trinajstić information content (AvgIpc) is 3.08. The molecule has 0 fully saturated rings.